The molecule has 0 saturated carbocycles. The molecule has 0 aliphatic rings. The number of carboxylic acid groups (broad SMARTS) is 1. The molecule has 29 heavy (non-hydrogen) atoms. The van der Waals surface area contributed by atoms with E-state index >= 15 is 0 Å². The van der Waals surface area contributed by atoms with Crippen LogP contribution in [-0.4, -0.2) is 31.0 Å². The molecule has 1 aromatic carbocycles. The molecule has 2 heterocycles. The minimum Gasteiger partial charge on any atom is -0.449 e. The number of unbranched alkanes of at least 4 members (excludes halogenated alkanes) is 1. The highest BCUT2D eigenvalue weighted by atomic mass is 16.7. The molecule has 0 radical (unpaired) electrons. The fourth-order valence-corrected chi connectivity index (χ4v) is 3.13. The van der Waals surface area contributed by atoms with Gasteiger partial charge in [-0.2, -0.15) is 5.10 Å². The van der Waals surface area contributed by atoms with E-state index in [1.165, 1.54) is 0 Å². The van der Waals surface area contributed by atoms with Gasteiger partial charge in [0.15, 0.2) is 11.6 Å². The number of aromatic nitrogens is 4. The summed E-state index contributed by atoms with van der Waals surface area (Å²) in [7, 11) is 0. The van der Waals surface area contributed by atoms with Crippen LogP contribution >= 0.6 is 0 Å². The second kappa shape index (κ2) is 9.82. The topological polar surface area (TPSA) is 90.1 Å². The lowest BCUT2D eigenvalue weighted by Gasteiger charge is -2.09. The summed E-state index contributed by atoms with van der Waals surface area (Å²) in [6.07, 6.45) is 5.31. The van der Waals surface area contributed by atoms with E-state index in [1.807, 2.05) is 28.9 Å². The fraction of sp³-hybridized carbons (Fsp3) is 0.364. The lowest BCUT2D eigenvalue weighted by Crippen LogP contribution is -2.07. The van der Waals surface area contributed by atoms with Gasteiger partial charge in [-0.1, -0.05) is 44.5 Å². The minimum atomic E-state index is -1.36. The largest absolute Gasteiger partial charge is 0.511 e. The number of ether oxygens (including phenoxy) is 1. The summed E-state index contributed by atoms with van der Waals surface area (Å²) in [4.78, 5) is 19.9. The van der Waals surface area contributed by atoms with Crippen molar-refractivity contribution in [3.63, 3.8) is 0 Å². The zero-order valence-electron chi connectivity index (χ0n) is 16.8. The van der Waals surface area contributed by atoms with Crippen molar-refractivity contribution in [2.24, 2.45) is 0 Å². The molecule has 0 aliphatic heterocycles. The summed E-state index contributed by atoms with van der Waals surface area (Å²) in [5.74, 6) is 2.15. The molecule has 0 fully saturated rings. The van der Waals surface area contributed by atoms with Gasteiger partial charge in [0.1, 0.15) is 11.5 Å². The molecule has 0 unspecified atom stereocenters. The second-order valence-corrected chi connectivity index (χ2v) is 6.87. The zero-order valence-corrected chi connectivity index (χ0v) is 16.8. The number of carbonyl (C=O) groups is 1. The molecule has 0 atom stereocenters. The van der Waals surface area contributed by atoms with Crippen LogP contribution in [0, 0.1) is 0 Å². The molecule has 3 aromatic rings. The third-order valence-electron chi connectivity index (χ3n) is 4.55. The molecule has 1 N–H and O–H groups in total. The average Bonchev–Trinajstić information content (AvgIpc) is 3.08. The Morgan fingerprint density at radius 3 is 2.59 bits per heavy atom. The van der Waals surface area contributed by atoms with Crippen molar-refractivity contribution in [3.8, 4) is 17.0 Å². The van der Waals surface area contributed by atoms with Crippen LogP contribution in [-0.2, 0) is 19.4 Å². The van der Waals surface area contributed by atoms with Gasteiger partial charge < -0.3 is 9.84 Å². The SMILES string of the molecule is CCCCc1nc(CCC)nn1Cc1ccc(-c2ncccc2OC(=O)O)cc1. The third-order valence-corrected chi connectivity index (χ3v) is 4.55. The van der Waals surface area contributed by atoms with Gasteiger partial charge in [-0.05, 0) is 30.5 Å². The minimum absolute atomic E-state index is 0.218. The summed E-state index contributed by atoms with van der Waals surface area (Å²) >= 11 is 0. The molecule has 152 valence electrons. The molecule has 0 amide bonds. The number of benzene rings is 1. The lowest BCUT2D eigenvalue weighted by atomic mass is 10.1. The molecule has 0 bridgehead atoms. The van der Waals surface area contributed by atoms with Crippen LogP contribution in [0.3, 0.4) is 0 Å². The Hall–Kier alpha value is -3.22. The number of nitrogens with zero attached hydrogens (tertiary/aromatic N) is 4. The van der Waals surface area contributed by atoms with Gasteiger partial charge in [-0.3, -0.25) is 4.98 Å². The van der Waals surface area contributed by atoms with Gasteiger partial charge in [0.2, 0.25) is 0 Å². The predicted octanol–water partition coefficient (Wildman–Crippen LogP) is 4.74. The van der Waals surface area contributed by atoms with Crippen molar-refractivity contribution < 1.29 is 14.6 Å². The molecular weight excluding hydrogens is 368 g/mol. The molecule has 7 nitrogen and oxygen atoms in total. The van der Waals surface area contributed by atoms with Crippen molar-refractivity contribution in [2.45, 2.75) is 52.5 Å². The lowest BCUT2D eigenvalue weighted by molar-refractivity contribution is 0.144. The van der Waals surface area contributed by atoms with E-state index in [-0.39, 0.29) is 5.75 Å². The maximum absolute atomic E-state index is 10.9. The van der Waals surface area contributed by atoms with Crippen LogP contribution in [0.25, 0.3) is 11.3 Å². The molecule has 0 aliphatic carbocycles. The first kappa shape index (κ1) is 20.5. The summed E-state index contributed by atoms with van der Waals surface area (Å²) < 4.78 is 6.83. The van der Waals surface area contributed by atoms with Crippen LogP contribution < -0.4 is 4.74 Å². The predicted molar refractivity (Wildman–Crippen MR) is 110 cm³/mol. The van der Waals surface area contributed by atoms with E-state index in [2.05, 4.69) is 23.9 Å². The van der Waals surface area contributed by atoms with Crippen LogP contribution in [0.2, 0.25) is 0 Å². The summed E-state index contributed by atoms with van der Waals surface area (Å²) in [5.41, 5.74) is 2.38. The molecule has 7 heteroatoms. The quantitative estimate of drug-likeness (QED) is 0.527. The van der Waals surface area contributed by atoms with Crippen molar-refractivity contribution in [1.82, 2.24) is 19.7 Å². The van der Waals surface area contributed by atoms with Crippen LogP contribution in [0.15, 0.2) is 42.6 Å². The van der Waals surface area contributed by atoms with E-state index in [0.717, 1.165) is 54.9 Å². The standard InChI is InChI=1S/C22H26N4O3/c1-3-5-9-20-24-19(7-4-2)25-26(20)15-16-10-12-17(13-11-16)21-18(29-22(27)28)8-6-14-23-21/h6,8,10-14H,3-5,7,9,15H2,1-2H3,(H,27,28). The molecule has 2 aromatic heterocycles. The maximum atomic E-state index is 10.9. The van der Waals surface area contributed by atoms with Gasteiger partial charge in [-0.15, -0.1) is 0 Å². The third kappa shape index (κ3) is 5.40. The van der Waals surface area contributed by atoms with Crippen molar-refractivity contribution in [2.75, 3.05) is 0 Å². The second-order valence-electron chi connectivity index (χ2n) is 6.87. The Balaban J connectivity index is 1.80. The highest BCUT2D eigenvalue weighted by Gasteiger charge is 2.12. The van der Waals surface area contributed by atoms with Crippen molar-refractivity contribution in [3.05, 3.63) is 59.8 Å². The number of hydrogen-bond acceptors (Lipinski definition) is 5. The van der Waals surface area contributed by atoms with Crippen molar-refractivity contribution >= 4 is 6.16 Å². The van der Waals surface area contributed by atoms with Crippen LogP contribution in [0.5, 0.6) is 5.75 Å². The highest BCUT2D eigenvalue weighted by molar-refractivity contribution is 5.71. The summed E-state index contributed by atoms with van der Waals surface area (Å²) in [5, 5.41) is 13.6. The van der Waals surface area contributed by atoms with Gasteiger partial charge in [0.25, 0.3) is 0 Å². The summed E-state index contributed by atoms with van der Waals surface area (Å²) in [6.45, 7) is 4.95. The van der Waals surface area contributed by atoms with E-state index in [4.69, 9.17) is 14.8 Å². The fourth-order valence-electron chi connectivity index (χ4n) is 3.13. The highest BCUT2D eigenvalue weighted by Crippen LogP contribution is 2.28. The Kier molecular flexibility index (Phi) is 6.94. The summed E-state index contributed by atoms with van der Waals surface area (Å²) in [6, 6.07) is 11.1. The van der Waals surface area contributed by atoms with Crippen LogP contribution in [0.4, 0.5) is 4.79 Å². The van der Waals surface area contributed by atoms with E-state index in [9.17, 15) is 4.79 Å². The monoisotopic (exact) mass is 394 g/mol. The van der Waals surface area contributed by atoms with E-state index < -0.39 is 6.16 Å². The van der Waals surface area contributed by atoms with E-state index in [0.29, 0.717) is 12.2 Å². The maximum Gasteiger partial charge on any atom is 0.511 e. The molecule has 3 rings (SSSR count). The number of hydrogen-bond donors (Lipinski definition) is 1. The molecular formula is C22H26N4O3. The van der Waals surface area contributed by atoms with Gasteiger partial charge >= 0.3 is 6.16 Å². The van der Waals surface area contributed by atoms with Crippen molar-refractivity contribution in [1.29, 1.82) is 0 Å². The molecule has 0 spiro atoms. The Morgan fingerprint density at radius 2 is 1.90 bits per heavy atom. The van der Waals surface area contributed by atoms with E-state index in [1.54, 1.807) is 18.3 Å². The molecule has 0 saturated heterocycles. The van der Waals surface area contributed by atoms with Gasteiger partial charge in [0, 0.05) is 24.6 Å². The normalized spacial score (nSPS) is 10.8. The number of pyridine rings is 1. The van der Waals surface area contributed by atoms with Gasteiger partial charge in [-0.25, -0.2) is 14.5 Å². The first-order valence-electron chi connectivity index (χ1n) is 9.98. The number of rotatable bonds is 9. The average molecular weight is 394 g/mol. The Morgan fingerprint density at radius 1 is 1.10 bits per heavy atom. The first-order chi connectivity index (χ1) is 14.1. The smallest absolute Gasteiger partial charge is 0.449 e. The Labute approximate surface area is 170 Å². The van der Waals surface area contributed by atoms with Crippen LogP contribution in [0.1, 0.15) is 50.3 Å². The Bertz CT molecular complexity index is 951. The van der Waals surface area contributed by atoms with Gasteiger partial charge in [0.05, 0.1) is 6.54 Å². The number of aryl methyl sites for hydroxylation is 2. The zero-order chi connectivity index (χ0) is 20.6. The first-order valence-corrected chi connectivity index (χ1v) is 9.98.